The van der Waals surface area contributed by atoms with Crippen LogP contribution in [0.2, 0.25) is 5.02 Å². The van der Waals surface area contributed by atoms with E-state index in [2.05, 4.69) is 17.2 Å². The minimum absolute atomic E-state index is 0.0470. The highest BCUT2D eigenvalue weighted by atomic mass is 35.5. The lowest BCUT2D eigenvalue weighted by Gasteiger charge is -2.05. The van der Waals surface area contributed by atoms with E-state index in [1.165, 1.54) is 0 Å². The van der Waals surface area contributed by atoms with Gasteiger partial charge in [-0.15, -0.1) is 0 Å². The first kappa shape index (κ1) is 15.0. The van der Waals surface area contributed by atoms with E-state index in [4.69, 9.17) is 16.3 Å². The largest absolute Gasteiger partial charge is 0.484 e. The number of benzene rings is 2. The summed E-state index contributed by atoms with van der Waals surface area (Å²) >= 11 is 5.76. The molecule has 1 amide bonds. The Labute approximate surface area is 128 Å². The number of halogens is 1. The first-order valence-electron chi connectivity index (χ1n) is 6.43. The van der Waals surface area contributed by atoms with E-state index in [0.717, 1.165) is 5.56 Å². The Bertz CT molecular complexity index is 642. The SMILES string of the molecule is O=C(COc1ccc(Cl)cc1)NCC#Cc1ccccc1. The second-order valence-electron chi connectivity index (χ2n) is 4.19. The Kier molecular flexibility index (Phi) is 5.69. The maximum Gasteiger partial charge on any atom is 0.258 e. The fourth-order valence-electron chi connectivity index (χ4n) is 1.54. The van der Waals surface area contributed by atoms with Crippen LogP contribution < -0.4 is 10.1 Å². The summed E-state index contributed by atoms with van der Waals surface area (Å²) in [5.74, 6) is 6.23. The summed E-state index contributed by atoms with van der Waals surface area (Å²) in [5.41, 5.74) is 0.921. The molecule has 0 spiro atoms. The van der Waals surface area contributed by atoms with Gasteiger partial charge >= 0.3 is 0 Å². The third kappa shape index (κ3) is 5.60. The van der Waals surface area contributed by atoms with Crippen LogP contribution in [0.15, 0.2) is 54.6 Å². The van der Waals surface area contributed by atoms with E-state index in [-0.39, 0.29) is 19.1 Å². The Morgan fingerprint density at radius 2 is 1.81 bits per heavy atom. The van der Waals surface area contributed by atoms with Gasteiger partial charge in [0.05, 0.1) is 6.54 Å². The average Bonchev–Trinajstić information content (AvgIpc) is 2.52. The third-order valence-electron chi connectivity index (χ3n) is 2.56. The third-order valence-corrected chi connectivity index (χ3v) is 2.82. The van der Waals surface area contributed by atoms with Gasteiger partial charge in [0, 0.05) is 10.6 Å². The zero-order chi connectivity index (χ0) is 14.9. The van der Waals surface area contributed by atoms with Crippen LogP contribution in [-0.4, -0.2) is 19.1 Å². The van der Waals surface area contributed by atoms with Gasteiger partial charge < -0.3 is 10.1 Å². The van der Waals surface area contributed by atoms with Crippen molar-refractivity contribution in [3.05, 3.63) is 65.2 Å². The van der Waals surface area contributed by atoms with Crippen LogP contribution in [0, 0.1) is 11.8 Å². The van der Waals surface area contributed by atoms with Gasteiger partial charge in [-0.3, -0.25) is 4.79 Å². The molecule has 0 atom stereocenters. The lowest BCUT2D eigenvalue weighted by Crippen LogP contribution is -2.29. The molecule has 2 aromatic rings. The van der Waals surface area contributed by atoms with Crippen LogP contribution in [-0.2, 0) is 4.79 Å². The topological polar surface area (TPSA) is 38.3 Å². The van der Waals surface area contributed by atoms with Crippen LogP contribution in [0.3, 0.4) is 0 Å². The molecule has 0 heterocycles. The zero-order valence-corrected chi connectivity index (χ0v) is 12.1. The monoisotopic (exact) mass is 299 g/mol. The first-order valence-corrected chi connectivity index (χ1v) is 6.81. The molecule has 1 N–H and O–H groups in total. The smallest absolute Gasteiger partial charge is 0.258 e. The summed E-state index contributed by atoms with van der Waals surface area (Å²) in [6.07, 6.45) is 0. The van der Waals surface area contributed by atoms with Crippen molar-refractivity contribution in [2.24, 2.45) is 0 Å². The molecule has 3 nitrogen and oxygen atoms in total. The molecule has 0 bridgehead atoms. The molecule has 0 radical (unpaired) electrons. The van der Waals surface area contributed by atoms with Crippen molar-refractivity contribution in [3.8, 4) is 17.6 Å². The minimum Gasteiger partial charge on any atom is -0.484 e. The molecule has 0 unspecified atom stereocenters. The van der Waals surface area contributed by atoms with Crippen molar-refractivity contribution in [2.75, 3.05) is 13.2 Å². The molecule has 0 aliphatic heterocycles. The number of hydrogen-bond acceptors (Lipinski definition) is 2. The van der Waals surface area contributed by atoms with Gasteiger partial charge in [0.2, 0.25) is 0 Å². The molecular formula is C17H14ClNO2. The lowest BCUT2D eigenvalue weighted by atomic mass is 10.2. The number of carbonyl (C=O) groups excluding carboxylic acids is 1. The van der Waals surface area contributed by atoms with Gasteiger partial charge in [0.25, 0.3) is 5.91 Å². The predicted molar refractivity (Wildman–Crippen MR) is 83.3 cm³/mol. The molecule has 0 aliphatic rings. The van der Waals surface area contributed by atoms with E-state index in [1.807, 2.05) is 30.3 Å². The van der Waals surface area contributed by atoms with E-state index >= 15 is 0 Å². The maximum atomic E-state index is 11.6. The second-order valence-corrected chi connectivity index (χ2v) is 4.62. The van der Waals surface area contributed by atoms with Gasteiger partial charge in [-0.1, -0.05) is 41.6 Å². The van der Waals surface area contributed by atoms with Crippen molar-refractivity contribution in [3.63, 3.8) is 0 Å². The fraction of sp³-hybridized carbons (Fsp3) is 0.118. The van der Waals surface area contributed by atoms with Crippen LogP contribution in [0.25, 0.3) is 0 Å². The molecule has 2 rings (SSSR count). The molecule has 0 fully saturated rings. The summed E-state index contributed by atoms with van der Waals surface area (Å²) in [6.45, 7) is 0.242. The molecule has 0 saturated carbocycles. The fourth-order valence-corrected chi connectivity index (χ4v) is 1.67. The minimum atomic E-state index is -0.215. The molecule has 0 saturated heterocycles. The van der Waals surface area contributed by atoms with E-state index < -0.39 is 0 Å². The highest BCUT2D eigenvalue weighted by Crippen LogP contribution is 2.15. The standard InChI is InChI=1S/C17H14ClNO2/c18-15-8-10-16(11-9-15)21-13-17(20)19-12-4-7-14-5-2-1-3-6-14/h1-3,5-6,8-11H,12-13H2,(H,19,20). The molecule has 0 aromatic heterocycles. The Hall–Kier alpha value is -2.44. The molecule has 21 heavy (non-hydrogen) atoms. The van der Waals surface area contributed by atoms with Gasteiger partial charge in [0.15, 0.2) is 6.61 Å². The Morgan fingerprint density at radius 1 is 1.10 bits per heavy atom. The van der Waals surface area contributed by atoms with Gasteiger partial charge in [-0.25, -0.2) is 0 Å². The normalized spacial score (nSPS) is 9.38. The van der Waals surface area contributed by atoms with Crippen molar-refractivity contribution in [1.29, 1.82) is 0 Å². The van der Waals surface area contributed by atoms with E-state index in [9.17, 15) is 4.79 Å². The Morgan fingerprint density at radius 3 is 2.52 bits per heavy atom. The maximum absolute atomic E-state index is 11.6. The second kappa shape index (κ2) is 7.98. The molecule has 106 valence electrons. The van der Waals surface area contributed by atoms with Crippen LogP contribution >= 0.6 is 11.6 Å². The molecular weight excluding hydrogens is 286 g/mol. The number of amides is 1. The number of nitrogens with one attached hydrogen (secondary N) is 1. The van der Waals surface area contributed by atoms with Crippen LogP contribution in [0.1, 0.15) is 5.56 Å². The van der Waals surface area contributed by atoms with Crippen molar-refractivity contribution in [2.45, 2.75) is 0 Å². The van der Waals surface area contributed by atoms with E-state index in [1.54, 1.807) is 24.3 Å². The van der Waals surface area contributed by atoms with Crippen molar-refractivity contribution in [1.82, 2.24) is 5.32 Å². The van der Waals surface area contributed by atoms with E-state index in [0.29, 0.717) is 10.8 Å². The summed E-state index contributed by atoms with van der Waals surface area (Å²) in [5, 5.41) is 3.30. The highest BCUT2D eigenvalue weighted by Gasteiger charge is 2.01. The number of rotatable bonds is 4. The van der Waals surface area contributed by atoms with Crippen molar-refractivity contribution >= 4 is 17.5 Å². The van der Waals surface area contributed by atoms with Crippen LogP contribution in [0.4, 0.5) is 0 Å². The molecule has 0 aliphatic carbocycles. The van der Waals surface area contributed by atoms with Gasteiger partial charge in [0.1, 0.15) is 5.75 Å². The van der Waals surface area contributed by atoms with Gasteiger partial charge in [-0.2, -0.15) is 0 Å². The average molecular weight is 300 g/mol. The number of hydrogen-bond donors (Lipinski definition) is 1. The summed E-state index contributed by atoms with van der Waals surface area (Å²) in [6, 6.07) is 16.4. The molecule has 2 aromatic carbocycles. The quantitative estimate of drug-likeness (QED) is 0.882. The first-order chi connectivity index (χ1) is 10.2. The highest BCUT2D eigenvalue weighted by molar-refractivity contribution is 6.30. The van der Waals surface area contributed by atoms with Gasteiger partial charge in [-0.05, 0) is 36.4 Å². The summed E-state index contributed by atoms with van der Waals surface area (Å²) in [7, 11) is 0. The zero-order valence-electron chi connectivity index (χ0n) is 11.3. The summed E-state index contributed by atoms with van der Waals surface area (Å²) < 4.78 is 5.32. The predicted octanol–water partition coefficient (Wildman–Crippen LogP) is 2.89. The lowest BCUT2D eigenvalue weighted by molar-refractivity contribution is -0.122. The number of ether oxygens (including phenoxy) is 1. The van der Waals surface area contributed by atoms with Crippen LogP contribution in [0.5, 0.6) is 5.75 Å². The Balaban J connectivity index is 1.71. The van der Waals surface area contributed by atoms with Crippen molar-refractivity contribution < 1.29 is 9.53 Å². The summed E-state index contributed by atoms with van der Waals surface area (Å²) in [4.78, 5) is 11.6. The molecule has 4 heteroatoms. The number of carbonyl (C=O) groups is 1.